The van der Waals surface area contributed by atoms with Gasteiger partial charge in [-0.05, 0) is 30.9 Å². The molecule has 0 unspecified atom stereocenters. The van der Waals surface area contributed by atoms with Gasteiger partial charge in [0.25, 0.3) is 5.91 Å². The Morgan fingerprint density at radius 3 is 3.08 bits per heavy atom. The van der Waals surface area contributed by atoms with Gasteiger partial charge in [-0.15, -0.1) is 5.10 Å². The van der Waals surface area contributed by atoms with Gasteiger partial charge in [-0.1, -0.05) is 12.5 Å². The standard InChI is InChI=1S/C18H23N5O2/c1-22-13-20-16(21-22)17(24)23-9-14-5-4-7-18(14,11-23)12-25-10-15-6-2-3-8-19-15/h2-3,6,8,13-14H,4-5,7,9-12H2,1H3/t14-,18+/m1/s1. The number of rotatable bonds is 5. The topological polar surface area (TPSA) is 73.1 Å². The molecule has 2 aromatic heterocycles. The van der Waals surface area contributed by atoms with Gasteiger partial charge in [0.2, 0.25) is 5.82 Å². The van der Waals surface area contributed by atoms with Crippen LogP contribution in [0.2, 0.25) is 0 Å². The van der Waals surface area contributed by atoms with Gasteiger partial charge in [0.1, 0.15) is 6.33 Å². The molecule has 0 N–H and O–H groups in total. The smallest absolute Gasteiger partial charge is 0.293 e. The van der Waals surface area contributed by atoms with E-state index in [9.17, 15) is 4.79 Å². The van der Waals surface area contributed by atoms with Crippen LogP contribution in [0.4, 0.5) is 0 Å². The Labute approximate surface area is 147 Å². The first kappa shape index (κ1) is 16.2. The summed E-state index contributed by atoms with van der Waals surface area (Å²) in [5.41, 5.74) is 1.01. The van der Waals surface area contributed by atoms with Crippen LogP contribution in [0.15, 0.2) is 30.7 Å². The van der Waals surface area contributed by atoms with E-state index < -0.39 is 0 Å². The molecule has 7 nitrogen and oxygen atoms in total. The molecule has 1 saturated carbocycles. The quantitative estimate of drug-likeness (QED) is 0.827. The molecule has 1 aliphatic heterocycles. The number of likely N-dealkylation sites (tertiary alicyclic amines) is 1. The number of hydrogen-bond acceptors (Lipinski definition) is 5. The molecule has 2 fully saturated rings. The van der Waals surface area contributed by atoms with Crippen molar-refractivity contribution in [2.24, 2.45) is 18.4 Å². The van der Waals surface area contributed by atoms with E-state index in [1.54, 1.807) is 24.3 Å². The van der Waals surface area contributed by atoms with Crippen LogP contribution in [-0.2, 0) is 18.4 Å². The number of carbonyl (C=O) groups is 1. The second-order valence-electron chi connectivity index (χ2n) is 7.19. The summed E-state index contributed by atoms with van der Waals surface area (Å²) in [6.45, 7) is 2.71. The molecule has 1 aliphatic carbocycles. The van der Waals surface area contributed by atoms with Crippen molar-refractivity contribution in [3.63, 3.8) is 0 Å². The molecular weight excluding hydrogens is 318 g/mol. The predicted octanol–water partition coefficient (Wildman–Crippen LogP) is 1.67. The lowest BCUT2D eigenvalue weighted by Gasteiger charge is -2.28. The molecule has 0 aromatic carbocycles. The zero-order valence-electron chi connectivity index (χ0n) is 14.5. The number of aryl methyl sites for hydroxylation is 1. The van der Waals surface area contributed by atoms with E-state index in [-0.39, 0.29) is 17.1 Å². The Hall–Kier alpha value is -2.28. The highest BCUT2D eigenvalue weighted by Gasteiger charge is 2.51. The predicted molar refractivity (Wildman–Crippen MR) is 90.6 cm³/mol. The minimum Gasteiger partial charge on any atom is -0.375 e. The highest BCUT2D eigenvalue weighted by Crippen LogP contribution is 2.49. The number of amides is 1. The van der Waals surface area contributed by atoms with Crippen molar-refractivity contribution in [1.82, 2.24) is 24.6 Å². The Morgan fingerprint density at radius 2 is 2.32 bits per heavy atom. The largest absolute Gasteiger partial charge is 0.375 e. The number of nitrogens with zero attached hydrogens (tertiary/aromatic N) is 5. The first-order chi connectivity index (χ1) is 12.2. The molecule has 1 amide bonds. The Morgan fingerprint density at radius 1 is 1.40 bits per heavy atom. The van der Waals surface area contributed by atoms with Gasteiger partial charge in [-0.25, -0.2) is 4.98 Å². The Balaban J connectivity index is 1.41. The van der Waals surface area contributed by atoms with E-state index in [1.807, 2.05) is 23.1 Å². The second kappa shape index (κ2) is 6.55. The molecule has 2 aliphatic rings. The van der Waals surface area contributed by atoms with Gasteiger partial charge in [0, 0.05) is 31.7 Å². The number of fused-ring (bicyclic) bond motifs is 1. The summed E-state index contributed by atoms with van der Waals surface area (Å²) in [7, 11) is 1.77. The van der Waals surface area contributed by atoms with Crippen LogP contribution in [-0.4, -0.2) is 50.3 Å². The number of pyridine rings is 1. The molecule has 25 heavy (non-hydrogen) atoms. The number of hydrogen-bond donors (Lipinski definition) is 0. The van der Waals surface area contributed by atoms with Gasteiger partial charge in [0.05, 0.1) is 18.9 Å². The number of ether oxygens (including phenoxy) is 1. The van der Waals surface area contributed by atoms with Crippen LogP contribution in [0.1, 0.15) is 35.6 Å². The number of carbonyl (C=O) groups excluding carboxylic acids is 1. The van der Waals surface area contributed by atoms with Crippen molar-refractivity contribution in [1.29, 1.82) is 0 Å². The number of aromatic nitrogens is 4. The van der Waals surface area contributed by atoms with Crippen molar-refractivity contribution in [3.8, 4) is 0 Å². The summed E-state index contributed by atoms with van der Waals surface area (Å²) < 4.78 is 7.58. The van der Waals surface area contributed by atoms with Crippen molar-refractivity contribution < 1.29 is 9.53 Å². The summed E-state index contributed by atoms with van der Waals surface area (Å²) in [4.78, 5) is 23.0. The van der Waals surface area contributed by atoms with Gasteiger partial charge in [-0.3, -0.25) is 14.5 Å². The van der Waals surface area contributed by atoms with E-state index in [4.69, 9.17) is 4.74 Å². The van der Waals surface area contributed by atoms with Crippen LogP contribution in [0.25, 0.3) is 0 Å². The minimum absolute atomic E-state index is 0.0687. The molecule has 132 valence electrons. The first-order valence-electron chi connectivity index (χ1n) is 8.79. The summed E-state index contributed by atoms with van der Waals surface area (Å²) in [6.07, 6.45) is 6.83. The minimum atomic E-state index is -0.0703. The lowest BCUT2D eigenvalue weighted by atomic mass is 9.81. The van der Waals surface area contributed by atoms with Crippen LogP contribution in [0, 0.1) is 11.3 Å². The second-order valence-corrected chi connectivity index (χ2v) is 7.19. The first-order valence-corrected chi connectivity index (χ1v) is 8.79. The monoisotopic (exact) mass is 341 g/mol. The van der Waals surface area contributed by atoms with Crippen LogP contribution < -0.4 is 0 Å². The highest BCUT2D eigenvalue weighted by molar-refractivity contribution is 5.90. The molecule has 2 aromatic rings. The van der Waals surface area contributed by atoms with E-state index in [2.05, 4.69) is 15.1 Å². The molecule has 4 rings (SSSR count). The van der Waals surface area contributed by atoms with Crippen LogP contribution in [0.3, 0.4) is 0 Å². The molecule has 1 saturated heterocycles. The molecule has 2 atom stereocenters. The average Bonchev–Trinajstić information content (AvgIpc) is 3.29. The fourth-order valence-electron chi connectivity index (χ4n) is 4.23. The fraction of sp³-hybridized carbons (Fsp3) is 0.556. The molecular formula is C18H23N5O2. The van der Waals surface area contributed by atoms with Crippen molar-refractivity contribution >= 4 is 5.91 Å². The van der Waals surface area contributed by atoms with Gasteiger partial charge < -0.3 is 9.64 Å². The third-order valence-corrected chi connectivity index (χ3v) is 5.48. The van der Waals surface area contributed by atoms with Crippen molar-refractivity contribution in [3.05, 3.63) is 42.2 Å². The summed E-state index contributed by atoms with van der Waals surface area (Å²) in [5.74, 6) is 0.718. The Kier molecular flexibility index (Phi) is 4.25. The maximum Gasteiger partial charge on any atom is 0.293 e. The van der Waals surface area contributed by atoms with E-state index in [1.165, 1.54) is 6.42 Å². The third kappa shape index (κ3) is 3.16. The van der Waals surface area contributed by atoms with E-state index in [0.717, 1.165) is 31.6 Å². The average molecular weight is 341 g/mol. The Bertz CT molecular complexity index is 747. The van der Waals surface area contributed by atoms with Crippen molar-refractivity contribution in [2.45, 2.75) is 25.9 Å². The SMILES string of the molecule is Cn1cnc(C(=O)N2C[C@H]3CCC[C@@]3(COCc3ccccn3)C2)n1. The fourth-order valence-corrected chi connectivity index (χ4v) is 4.23. The molecule has 0 spiro atoms. The van der Waals surface area contributed by atoms with Gasteiger partial charge in [-0.2, -0.15) is 0 Å². The third-order valence-electron chi connectivity index (χ3n) is 5.48. The highest BCUT2D eigenvalue weighted by atomic mass is 16.5. The summed E-state index contributed by atoms with van der Waals surface area (Å²) in [6, 6.07) is 5.85. The lowest BCUT2D eigenvalue weighted by molar-refractivity contribution is 0.0251. The molecule has 3 heterocycles. The van der Waals surface area contributed by atoms with Crippen LogP contribution >= 0.6 is 0 Å². The molecule has 0 bridgehead atoms. The maximum atomic E-state index is 12.7. The van der Waals surface area contributed by atoms with E-state index in [0.29, 0.717) is 19.1 Å². The zero-order chi connectivity index (χ0) is 17.3. The molecule has 7 heteroatoms. The van der Waals surface area contributed by atoms with E-state index >= 15 is 0 Å². The van der Waals surface area contributed by atoms with Crippen LogP contribution in [0.5, 0.6) is 0 Å². The summed E-state index contributed by atoms with van der Waals surface area (Å²) >= 11 is 0. The molecule has 0 radical (unpaired) electrons. The van der Waals surface area contributed by atoms with Gasteiger partial charge >= 0.3 is 0 Å². The van der Waals surface area contributed by atoms with Gasteiger partial charge in [0.15, 0.2) is 0 Å². The maximum absolute atomic E-state index is 12.7. The van der Waals surface area contributed by atoms with Crippen molar-refractivity contribution in [2.75, 3.05) is 19.7 Å². The zero-order valence-corrected chi connectivity index (χ0v) is 14.5. The lowest BCUT2D eigenvalue weighted by Crippen LogP contribution is -2.35. The normalized spacial score (nSPS) is 25.3. The summed E-state index contributed by atoms with van der Waals surface area (Å²) in [5, 5.41) is 4.15.